The highest BCUT2D eigenvalue weighted by atomic mass is 32.2. The summed E-state index contributed by atoms with van der Waals surface area (Å²) in [7, 11) is -4.03. The molecule has 28 heavy (non-hydrogen) atoms. The summed E-state index contributed by atoms with van der Waals surface area (Å²) >= 11 is 0. The Morgan fingerprint density at radius 3 is 2.57 bits per heavy atom. The van der Waals surface area contributed by atoms with Crippen LogP contribution in [0.1, 0.15) is 16.8 Å². The topological polar surface area (TPSA) is 88.6 Å². The van der Waals surface area contributed by atoms with Crippen molar-refractivity contribution < 1.29 is 21.6 Å². The number of alkyl halides is 3. The van der Waals surface area contributed by atoms with Crippen LogP contribution in [0.5, 0.6) is 0 Å². The van der Waals surface area contributed by atoms with Gasteiger partial charge in [-0.1, -0.05) is 12.1 Å². The lowest BCUT2D eigenvalue weighted by Crippen LogP contribution is -2.14. The van der Waals surface area contributed by atoms with Gasteiger partial charge in [-0.3, -0.25) is 0 Å². The average Bonchev–Trinajstić information content (AvgIpc) is 3.08. The number of sulfone groups is 1. The first-order valence-corrected chi connectivity index (χ1v) is 9.77. The van der Waals surface area contributed by atoms with Gasteiger partial charge in [-0.25, -0.2) is 18.4 Å². The Hall–Kier alpha value is -3.19. The number of rotatable bonds is 4. The van der Waals surface area contributed by atoms with Crippen LogP contribution in [-0.4, -0.2) is 29.2 Å². The summed E-state index contributed by atoms with van der Waals surface area (Å²) in [5.41, 5.74) is 0.166. The summed E-state index contributed by atoms with van der Waals surface area (Å²) in [5.74, 6) is 0. The fourth-order valence-electron chi connectivity index (χ4n) is 2.52. The van der Waals surface area contributed by atoms with Crippen LogP contribution >= 0.6 is 0 Å². The van der Waals surface area contributed by atoms with E-state index in [0.29, 0.717) is 23.7 Å². The molecule has 3 rings (SSSR count). The first-order valence-electron chi connectivity index (χ1n) is 7.88. The van der Waals surface area contributed by atoms with Crippen LogP contribution in [0.4, 0.5) is 13.2 Å². The van der Waals surface area contributed by atoms with Crippen LogP contribution in [0.15, 0.2) is 53.9 Å². The number of hydrogen-bond acceptors (Lipinski definition) is 5. The van der Waals surface area contributed by atoms with Crippen molar-refractivity contribution in [2.45, 2.75) is 17.9 Å². The molecule has 2 aromatic heterocycles. The minimum absolute atomic E-state index is 0.146. The molecule has 0 aliphatic heterocycles. The molecule has 0 amide bonds. The minimum atomic E-state index is -4.81. The Balaban J connectivity index is 1.99. The molecule has 3 aromatic rings. The molecule has 0 spiro atoms. The molecule has 0 saturated heterocycles. The van der Waals surface area contributed by atoms with Crippen molar-refractivity contribution >= 4 is 9.84 Å². The van der Waals surface area contributed by atoms with Gasteiger partial charge < -0.3 is 4.57 Å². The molecule has 0 unspecified atom stereocenters. The zero-order chi connectivity index (χ0) is 20.5. The number of halogens is 3. The molecule has 144 valence electrons. The van der Waals surface area contributed by atoms with Crippen LogP contribution in [0, 0.1) is 11.3 Å². The zero-order valence-corrected chi connectivity index (χ0v) is 15.3. The van der Waals surface area contributed by atoms with Crippen molar-refractivity contribution in [2.24, 2.45) is 0 Å². The van der Waals surface area contributed by atoms with Gasteiger partial charge in [-0.15, -0.1) is 0 Å². The van der Waals surface area contributed by atoms with Gasteiger partial charge in [0.1, 0.15) is 5.69 Å². The van der Waals surface area contributed by atoms with Crippen molar-refractivity contribution in [3.63, 3.8) is 0 Å². The molecule has 0 saturated carbocycles. The monoisotopic (exact) mass is 406 g/mol. The molecular formula is C18H13F3N4O2S. The minimum Gasteiger partial charge on any atom is -0.349 e. The summed E-state index contributed by atoms with van der Waals surface area (Å²) in [6.07, 6.45) is -0.880. The molecule has 0 atom stereocenters. The first-order chi connectivity index (χ1) is 13.1. The van der Waals surface area contributed by atoms with Crippen LogP contribution < -0.4 is 0 Å². The van der Waals surface area contributed by atoms with Crippen LogP contribution in [0.2, 0.25) is 0 Å². The highest BCUT2D eigenvalue weighted by Gasteiger charge is 2.35. The molecule has 0 N–H and O–H groups in total. The van der Waals surface area contributed by atoms with Gasteiger partial charge in [0.2, 0.25) is 15.0 Å². The Bertz CT molecular complexity index is 1180. The molecule has 0 aliphatic rings. The van der Waals surface area contributed by atoms with E-state index in [1.807, 2.05) is 12.1 Å². The molecule has 0 aliphatic carbocycles. The molecule has 2 heterocycles. The van der Waals surface area contributed by atoms with E-state index in [9.17, 15) is 21.6 Å². The molecule has 10 heteroatoms. The van der Waals surface area contributed by atoms with Gasteiger partial charge >= 0.3 is 6.18 Å². The van der Waals surface area contributed by atoms with E-state index in [-0.39, 0.29) is 5.69 Å². The Kier molecular flexibility index (Phi) is 4.95. The third-order valence-electron chi connectivity index (χ3n) is 3.80. The number of nitriles is 1. The van der Waals surface area contributed by atoms with Gasteiger partial charge in [-0.2, -0.15) is 18.4 Å². The molecule has 0 bridgehead atoms. The smallest absolute Gasteiger partial charge is 0.349 e. The maximum Gasteiger partial charge on any atom is 0.433 e. The fourth-order valence-corrected chi connectivity index (χ4v) is 3.05. The van der Waals surface area contributed by atoms with Crippen molar-refractivity contribution in [1.82, 2.24) is 14.5 Å². The molecular weight excluding hydrogens is 393 g/mol. The third-order valence-corrected chi connectivity index (χ3v) is 4.64. The highest BCUT2D eigenvalue weighted by Crippen LogP contribution is 2.31. The van der Waals surface area contributed by atoms with Gasteiger partial charge in [0.05, 0.1) is 17.3 Å². The average molecular weight is 406 g/mol. The second-order valence-electron chi connectivity index (χ2n) is 6.08. The Labute approximate surface area is 158 Å². The van der Waals surface area contributed by atoms with E-state index < -0.39 is 26.9 Å². The van der Waals surface area contributed by atoms with E-state index in [2.05, 4.69) is 9.97 Å². The standard InChI is InChI=1S/C18H13F3N4O2S/c1-28(26,27)17-23-15(8-16(24-17)18(19,20)21)14-5-6-25(11-14)10-13-4-2-3-12(7-13)9-22/h2-8,11H,10H2,1H3. The summed E-state index contributed by atoms with van der Waals surface area (Å²) < 4.78 is 64.4. The lowest BCUT2D eigenvalue weighted by atomic mass is 10.1. The second-order valence-corrected chi connectivity index (χ2v) is 7.99. The first kappa shape index (κ1) is 19.6. The van der Waals surface area contributed by atoms with E-state index in [4.69, 9.17) is 5.26 Å². The molecule has 6 nitrogen and oxygen atoms in total. The Morgan fingerprint density at radius 2 is 1.93 bits per heavy atom. The van der Waals surface area contributed by atoms with Gasteiger partial charge in [0, 0.05) is 30.8 Å². The van der Waals surface area contributed by atoms with E-state index in [1.165, 1.54) is 6.07 Å². The van der Waals surface area contributed by atoms with Crippen molar-refractivity contribution in [2.75, 3.05) is 6.26 Å². The summed E-state index contributed by atoms with van der Waals surface area (Å²) in [6, 6.07) is 11.2. The van der Waals surface area contributed by atoms with Crippen molar-refractivity contribution in [3.8, 4) is 17.3 Å². The normalized spacial score (nSPS) is 12.0. The highest BCUT2D eigenvalue weighted by molar-refractivity contribution is 7.90. The SMILES string of the molecule is CS(=O)(=O)c1nc(-c2ccn(Cc3cccc(C#N)c3)c2)cc(C(F)(F)F)n1. The molecule has 1 aromatic carbocycles. The van der Waals surface area contributed by atoms with Crippen molar-refractivity contribution in [1.29, 1.82) is 5.26 Å². The number of nitrogens with zero attached hydrogens (tertiary/aromatic N) is 4. The zero-order valence-electron chi connectivity index (χ0n) is 14.5. The second kappa shape index (κ2) is 7.09. The van der Waals surface area contributed by atoms with Gasteiger partial charge in [0.15, 0.2) is 0 Å². The molecule has 0 radical (unpaired) electrons. The lowest BCUT2D eigenvalue weighted by Gasteiger charge is -2.09. The molecule has 0 fully saturated rings. The van der Waals surface area contributed by atoms with E-state index in [0.717, 1.165) is 11.8 Å². The third kappa shape index (κ3) is 4.37. The summed E-state index contributed by atoms with van der Waals surface area (Å²) in [4.78, 5) is 6.91. The Morgan fingerprint density at radius 1 is 1.18 bits per heavy atom. The van der Waals surface area contributed by atoms with Crippen molar-refractivity contribution in [3.05, 3.63) is 65.6 Å². The van der Waals surface area contributed by atoms with Crippen LogP contribution in [0.3, 0.4) is 0 Å². The summed E-state index contributed by atoms with van der Waals surface area (Å²) in [5, 5.41) is 8.07. The van der Waals surface area contributed by atoms with E-state index in [1.54, 1.807) is 35.2 Å². The van der Waals surface area contributed by atoms with Crippen LogP contribution in [0.25, 0.3) is 11.3 Å². The quantitative estimate of drug-likeness (QED) is 0.621. The lowest BCUT2D eigenvalue weighted by molar-refractivity contribution is -0.141. The van der Waals surface area contributed by atoms with E-state index >= 15 is 0 Å². The number of hydrogen-bond donors (Lipinski definition) is 0. The van der Waals surface area contributed by atoms with Gasteiger partial charge in [0.25, 0.3) is 0 Å². The van der Waals surface area contributed by atoms with Crippen LogP contribution in [-0.2, 0) is 22.6 Å². The maximum absolute atomic E-state index is 13.1. The predicted molar refractivity (Wildman–Crippen MR) is 93.8 cm³/mol. The fraction of sp³-hybridized carbons (Fsp3) is 0.167. The maximum atomic E-state index is 13.1. The van der Waals surface area contributed by atoms with Gasteiger partial charge in [-0.05, 0) is 29.8 Å². The predicted octanol–water partition coefficient (Wildman–Crippen LogP) is 3.29. The largest absolute Gasteiger partial charge is 0.433 e. The summed E-state index contributed by atoms with van der Waals surface area (Å²) in [6.45, 7) is 0.381. The number of aromatic nitrogens is 3. The number of benzene rings is 1.